The van der Waals surface area contributed by atoms with Crippen molar-refractivity contribution in [3.8, 4) is 0 Å². The Kier molecular flexibility index (Phi) is 5.33. The molecule has 174 valence electrons. The maximum absolute atomic E-state index is 11.6. The van der Waals surface area contributed by atoms with Gasteiger partial charge in [0, 0.05) is 31.6 Å². The lowest BCUT2D eigenvalue weighted by Gasteiger charge is -2.62. The van der Waals surface area contributed by atoms with Crippen LogP contribution < -0.4 is 0 Å². The first-order valence-corrected chi connectivity index (χ1v) is 13.0. The van der Waals surface area contributed by atoms with Gasteiger partial charge in [0.1, 0.15) is 12.2 Å². The average molecular weight is 497 g/mol. The summed E-state index contributed by atoms with van der Waals surface area (Å²) < 4.78 is 17.8. The van der Waals surface area contributed by atoms with Gasteiger partial charge < -0.3 is 14.2 Å². The zero-order chi connectivity index (χ0) is 22.2. The van der Waals surface area contributed by atoms with Gasteiger partial charge in [0.25, 0.3) is 0 Å². The number of fused-ring (bicyclic) bond motifs is 3. The van der Waals surface area contributed by atoms with E-state index in [0.29, 0.717) is 23.7 Å². The molecule has 0 aromatic heterocycles. The van der Waals surface area contributed by atoms with Crippen LogP contribution >= 0.6 is 15.9 Å². The van der Waals surface area contributed by atoms with Gasteiger partial charge in [0.15, 0.2) is 0 Å². The molecule has 0 spiro atoms. The number of hydrogen-bond acceptors (Lipinski definition) is 5. The van der Waals surface area contributed by atoms with E-state index in [9.17, 15) is 9.59 Å². The van der Waals surface area contributed by atoms with Crippen molar-refractivity contribution >= 4 is 27.9 Å². The van der Waals surface area contributed by atoms with E-state index >= 15 is 0 Å². The minimum atomic E-state index is -0.175. The Morgan fingerprint density at radius 2 is 1.84 bits per heavy atom. The van der Waals surface area contributed by atoms with E-state index in [2.05, 4.69) is 29.8 Å². The minimum absolute atomic E-state index is 0.0000431. The Labute approximate surface area is 194 Å². The van der Waals surface area contributed by atoms with Crippen LogP contribution in [0.1, 0.15) is 79.1 Å². The third kappa shape index (κ3) is 3.09. The average Bonchev–Trinajstić information content (AvgIpc) is 3.10. The molecule has 0 aromatic carbocycles. The molecule has 1 aliphatic heterocycles. The summed E-state index contributed by atoms with van der Waals surface area (Å²) in [6, 6.07) is 0. The molecular weight excluding hydrogens is 460 g/mol. The third-order valence-electron chi connectivity index (χ3n) is 10.3. The second-order valence-corrected chi connectivity index (χ2v) is 12.9. The van der Waals surface area contributed by atoms with E-state index in [1.54, 1.807) is 0 Å². The van der Waals surface area contributed by atoms with Crippen LogP contribution in [0.2, 0.25) is 0 Å². The third-order valence-corrected chi connectivity index (χ3v) is 11.9. The number of carbonyl (C=O) groups is 2. The van der Waals surface area contributed by atoms with Crippen LogP contribution in [-0.2, 0) is 23.8 Å². The van der Waals surface area contributed by atoms with Crippen LogP contribution in [-0.4, -0.2) is 41.2 Å². The summed E-state index contributed by atoms with van der Waals surface area (Å²) in [5.41, 5.74) is 0.394. The molecule has 5 nitrogen and oxygen atoms in total. The van der Waals surface area contributed by atoms with E-state index in [4.69, 9.17) is 14.2 Å². The summed E-state index contributed by atoms with van der Waals surface area (Å²) in [4.78, 5) is 23.2. The maximum atomic E-state index is 11.6. The lowest BCUT2D eigenvalue weighted by atomic mass is 9.44. The van der Waals surface area contributed by atoms with Crippen LogP contribution in [0, 0.1) is 34.5 Å². The number of halogens is 1. The van der Waals surface area contributed by atoms with E-state index in [1.165, 1.54) is 33.1 Å². The molecule has 10 atom stereocenters. The zero-order valence-electron chi connectivity index (χ0n) is 19.3. The predicted octanol–water partition coefficient (Wildman–Crippen LogP) is 5.03. The van der Waals surface area contributed by atoms with Gasteiger partial charge in [-0.15, -0.1) is 0 Å². The number of alkyl halides is 1. The Morgan fingerprint density at radius 1 is 1.06 bits per heavy atom. The summed E-state index contributed by atoms with van der Waals surface area (Å²) in [5, 5.41) is 0. The number of esters is 2. The van der Waals surface area contributed by atoms with Gasteiger partial charge in [-0.05, 0) is 75.0 Å². The second kappa shape index (κ2) is 7.44. The zero-order valence-corrected chi connectivity index (χ0v) is 20.9. The fraction of sp³-hybridized carbons (Fsp3) is 0.920. The molecule has 0 aromatic rings. The quantitative estimate of drug-likeness (QED) is 0.404. The highest BCUT2D eigenvalue weighted by atomic mass is 79.9. The predicted molar refractivity (Wildman–Crippen MR) is 120 cm³/mol. The van der Waals surface area contributed by atoms with Gasteiger partial charge in [-0.1, -0.05) is 22.9 Å². The molecule has 31 heavy (non-hydrogen) atoms. The van der Waals surface area contributed by atoms with Crippen molar-refractivity contribution in [3.05, 3.63) is 0 Å². The van der Waals surface area contributed by atoms with E-state index < -0.39 is 0 Å². The van der Waals surface area contributed by atoms with Crippen LogP contribution in [0.4, 0.5) is 0 Å². The first-order valence-electron chi connectivity index (χ1n) is 12.3. The highest BCUT2D eigenvalue weighted by Crippen LogP contribution is 2.73. The Hall–Kier alpha value is -0.620. The summed E-state index contributed by atoms with van der Waals surface area (Å²) in [6.45, 7) is 8.45. The highest BCUT2D eigenvalue weighted by molar-refractivity contribution is 9.10. The van der Waals surface area contributed by atoms with Crippen molar-refractivity contribution in [1.29, 1.82) is 0 Å². The largest absolute Gasteiger partial charge is 0.463 e. The maximum Gasteiger partial charge on any atom is 0.302 e. The molecule has 1 heterocycles. The molecule has 5 fully saturated rings. The molecule has 0 radical (unpaired) electrons. The van der Waals surface area contributed by atoms with Gasteiger partial charge in [0.05, 0.1) is 17.0 Å². The standard InChI is InChI=1S/C25H37BrO5/c1-14(30-15(2)27)19-5-6-20-18-11-22-25(26)12-17(31-16(3)28)7-10-24(25,13-29-22)21(18)8-9-23(19,20)4/h14,17-22H,5-13H2,1-4H3/t14-,17+,18+,19-,20+,21+,22-,23-,24+,25+/m1/s1. The smallest absolute Gasteiger partial charge is 0.302 e. The first-order chi connectivity index (χ1) is 14.6. The van der Waals surface area contributed by atoms with Crippen molar-refractivity contribution < 1.29 is 23.8 Å². The summed E-state index contributed by atoms with van der Waals surface area (Å²) in [7, 11) is 0. The topological polar surface area (TPSA) is 61.8 Å². The SMILES string of the molecule is CC(=O)O[C@H]1CC[C@]23CO[C@H](C[C@H]4[C@@H]5CC[C@H]([C@@H](C)OC(C)=O)[C@@]5(C)CC[C@@H]42)[C@@]3(Br)C1. The molecule has 0 amide bonds. The highest BCUT2D eigenvalue weighted by Gasteiger charge is 2.72. The first kappa shape index (κ1) is 22.2. The summed E-state index contributed by atoms with van der Waals surface area (Å²) in [5.74, 6) is 2.13. The van der Waals surface area contributed by atoms with Crippen LogP contribution in [0.15, 0.2) is 0 Å². The molecule has 6 heteroatoms. The van der Waals surface area contributed by atoms with Crippen molar-refractivity contribution in [2.24, 2.45) is 34.5 Å². The van der Waals surface area contributed by atoms with Crippen molar-refractivity contribution in [2.45, 2.75) is 102 Å². The van der Waals surface area contributed by atoms with E-state index in [1.807, 2.05) is 0 Å². The van der Waals surface area contributed by atoms with Crippen molar-refractivity contribution in [2.75, 3.05) is 6.61 Å². The van der Waals surface area contributed by atoms with E-state index in [0.717, 1.165) is 38.7 Å². The normalized spacial score (nSPS) is 51.3. The lowest BCUT2D eigenvalue weighted by Crippen LogP contribution is -2.64. The summed E-state index contributed by atoms with van der Waals surface area (Å²) >= 11 is 4.22. The van der Waals surface area contributed by atoms with E-state index in [-0.39, 0.29) is 45.4 Å². The fourth-order valence-electron chi connectivity index (χ4n) is 9.18. The Bertz CT molecular complexity index is 771. The molecule has 4 aliphatic carbocycles. The second-order valence-electron chi connectivity index (χ2n) is 11.4. The molecule has 0 N–H and O–H groups in total. The number of hydrogen-bond donors (Lipinski definition) is 0. The van der Waals surface area contributed by atoms with Gasteiger partial charge >= 0.3 is 11.9 Å². The lowest BCUT2D eigenvalue weighted by molar-refractivity contribution is -0.158. The van der Waals surface area contributed by atoms with Gasteiger partial charge in [0.2, 0.25) is 0 Å². The Morgan fingerprint density at radius 3 is 2.55 bits per heavy atom. The number of ether oxygens (including phenoxy) is 3. The number of carbonyl (C=O) groups excluding carboxylic acids is 2. The molecule has 0 unspecified atom stereocenters. The molecule has 1 saturated heterocycles. The van der Waals surface area contributed by atoms with Crippen molar-refractivity contribution in [1.82, 2.24) is 0 Å². The fourth-order valence-corrected chi connectivity index (χ4v) is 10.5. The molecule has 2 bridgehead atoms. The molecule has 4 saturated carbocycles. The van der Waals surface area contributed by atoms with Crippen LogP contribution in [0.5, 0.6) is 0 Å². The molecule has 5 rings (SSSR count). The number of rotatable bonds is 3. The summed E-state index contributed by atoms with van der Waals surface area (Å²) in [6.07, 6.45) is 9.00. The monoisotopic (exact) mass is 496 g/mol. The van der Waals surface area contributed by atoms with Gasteiger partial charge in [-0.2, -0.15) is 0 Å². The van der Waals surface area contributed by atoms with Gasteiger partial charge in [-0.25, -0.2) is 0 Å². The Balaban J connectivity index is 1.41. The molecular formula is C25H37BrO5. The minimum Gasteiger partial charge on any atom is -0.463 e. The van der Waals surface area contributed by atoms with Gasteiger partial charge in [-0.3, -0.25) is 9.59 Å². The van der Waals surface area contributed by atoms with Crippen LogP contribution in [0.25, 0.3) is 0 Å². The molecule has 5 aliphatic rings. The van der Waals surface area contributed by atoms with Crippen LogP contribution in [0.3, 0.4) is 0 Å². The van der Waals surface area contributed by atoms with Crippen molar-refractivity contribution in [3.63, 3.8) is 0 Å².